The van der Waals surface area contributed by atoms with Crippen LogP contribution < -0.4 is 5.32 Å². The highest BCUT2D eigenvalue weighted by atomic mass is 32.1. The molecule has 1 aliphatic heterocycles. The van der Waals surface area contributed by atoms with Crippen molar-refractivity contribution in [2.24, 2.45) is 0 Å². The first-order chi connectivity index (χ1) is 7.77. The molecule has 1 aromatic rings. The van der Waals surface area contributed by atoms with Gasteiger partial charge in [0.15, 0.2) is 0 Å². The summed E-state index contributed by atoms with van der Waals surface area (Å²) in [4.78, 5) is 15.0. The average molecular weight is 240 g/mol. The molecular formula is C11H16N2O2S. The Bertz CT molecular complexity index is 378. The van der Waals surface area contributed by atoms with E-state index in [2.05, 4.69) is 11.4 Å². The predicted molar refractivity (Wildman–Crippen MR) is 63.5 cm³/mol. The Morgan fingerprint density at radius 2 is 2.50 bits per heavy atom. The molecule has 1 amide bonds. The van der Waals surface area contributed by atoms with Gasteiger partial charge in [-0.2, -0.15) is 0 Å². The molecule has 0 saturated carbocycles. The third kappa shape index (κ3) is 1.98. The maximum atomic E-state index is 12.2. The van der Waals surface area contributed by atoms with Crippen molar-refractivity contribution in [3.8, 4) is 0 Å². The molecule has 0 fully saturated rings. The molecule has 0 bridgehead atoms. The van der Waals surface area contributed by atoms with Gasteiger partial charge in [-0.1, -0.05) is 0 Å². The number of aliphatic hydroxyl groups is 1. The standard InChI is InChI=1S/C11H16N2O2S/c1-12-9-10-8(3-7-16-10)2-4-13(5-6-14)11(9)15/h3,7,9,12,14H,2,4-6H2,1H3. The number of rotatable bonds is 3. The quantitative estimate of drug-likeness (QED) is 0.803. The SMILES string of the molecule is CNC1C(=O)N(CCO)CCc2ccsc21. The van der Waals surface area contributed by atoms with E-state index in [0.29, 0.717) is 13.1 Å². The molecule has 0 radical (unpaired) electrons. The van der Waals surface area contributed by atoms with Gasteiger partial charge in [-0.3, -0.25) is 4.79 Å². The molecule has 1 aliphatic rings. The molecule has 2 N–H and O–H groups in total. The van der Waals surface area contributed by atoms with Crippen LogP contribution in [0.3, 0.4) is 0 Å². The van der Waals surface area contributed by atoms with E-state index in [0.717, 1.165) is 11.3 Å². The molecule has 1 atom stereocenters. The van der Waals surface area contributed by atoms with Gasteiger partial charge in [0, 0.05) is 18.0 Å². The fourth-order valence-corrected chi connectivity index (χ4v) is 3.12. The molecule has 5 heteroatoms. The number of fused-ring (bicyclic) bond motifs is 1. The lowest BCUT2D eigenvalue weighted by atomic mass is 10.1. The Balaban J connectivity index is 2.28. The summed E-state index contributed by atoms with van der Waals surface area (Å²) in [6.45, 7) is 1.14. The molecule has 16 heavy (non-hydrogen) atoms. The van der Waals surface area contributed by atoms with E-state index in [1.54, 1.807) is 23.3 Å². The van der Waals surface area contributed by atoms with E-state index < -0.39 is 0 Å². The molecule has 1 unspecified atom stereocenters. The van der Waals surface area contributed by atoms with Crippen LogP contribution in [0.15, 0.2) is 11.4 Å². The normalized spacial score (nSPS) is 20.8. The monoisotopic (exact) mass is 240 g/mol. The number of nitrogens with one attached hydrogen (secondary N) is 1. The molecule has 0 aromatic carbocycles. The zero-order chi connectivity index (χ0) is 11.5. The zero-order valence-corrected chi connectivity index (χ0v) is 10.1. The van der Waals surface area contributed by atoms with Crippen molar-refractivity contribution < 1.29 is 9.90 Å². The van der Waals surface area contributed by atoms with Crippen LogP contribution in [0.2, 0.25) is 0 Å². The van der Waals surface area contributed by atoms with Crippen LogP contribution in [0.4, 0.5) is 0 Å². The number of β-amino-alcohol motifs (C(OH)–C–C–N with tert-alkyl or cyclic N) is 1. The van der Waals surface area contributed by atoms with E-state index in [-0.39, 0.29) is 18.6 Å². The zero-order valence-electron chi connectivity index (χ0n) is 9.27. The minimum Gasteiger partial charge on any atom is -0.395 e. The molecule has 1 aromatic heterocycles. The summed E-state index contributed by atoms with van der Waals surface area (Å²) >= 11 is 1.62. The molecule has 4 nitrogen and oxygen atoms in total. The molecular weight excluding hydrogens is 224 g/mol. The van der Waals surface area contributed by atoms with Gasteiger partial charge >= 0.3 is 0 Å². The first kappa shape index (κ1) is 11.6. The summed E-state index contributed by atoms with van der Waals surface area (Å²) in [5.41, 5.74) is 1.25. The minimum absolute atomic E-state index is 0.0236. The van der Waals surface area contributed by atoms with Crippen molar-refractivity contribution >= 4 is 17.2 Å². The van der Waals surface area contributed by atoms with Crippen LogP contribution in [0, 0.1) is 0 Å². The second-order valence-corrected chi connectivity index (χ2v) is 4.78. The third-order valence-electron chi connectivity index (χ3n) is 2.91. The summed E-state index contributed by atoms with van der Waals surface area (Å²) in [6, 6.07) is 1.84. The number of nitrogens with zero attached hydrogens (tertiary/aromatic N) is 1. The highest BCUT2D eigenvalue weighted by Gasteiger charge is 2.30. The summed E-state index contributed by atoms with van der Waals surface area (Å²) in [5, 5.41) is 14.0. The van der Waals surface area contributed by atoms with Gasteiger partial charge in [-0.25, -0.2) is 0 Å². The topological polar surface area (TPSA) is 52.6 Å². The van der Waals surface area contributed by atoms with Crippen molar-refractivity contribution in [1.82, 2.24) is 10.2 Å². The Kier molecular flexibility index (Phi) is 3.58. The van der Waals surface area contributed by atoms with Gasteiger partial charge in [-0.15, -0.1) is 11.3 Å². The van der Waals surface area contributed by atoms with Crippen molar-refractivity contribution in [1.29, 1.82) is 0 Å². The fraction of sp³-hybridized carbons (Fsp3) is 0.545. The summed E-state index contributed by atoms with van der Waals surface area (Å²) in [5.74, 6) is 0.0674. The lowest BCUT2D eigenvalue weighted by Crippen LogP contribution is -2.40. The Morgan fingerprint density at radius 1 is 1.69 bits per heavy atom. The van der Waals surface area contributed by atoms with Crippen LogP contribution in [0.25, 0.3) is 0 Å². The van der Waals surface area contributed by atoms with Crippen LogP contribution in [0.1, 0.15) is 16.5 Å². The molecule has 2 heterocycles. The van der Waals surface area contributed by atoms with Gasteiger partial charge in [0.2, 0.25) is 5.91 Å². The van der Waals surface area contributed by atoms with Crippen LogP contribution >= 0.6 is 11.3 Å². The van der Waals surface area contributed by atoms with Crippen LogP contribution in [-0.4, -0.2) is 42.7 Å². The van der Waals surface area contributed by atoms with Gasteiger partial charge in [0.1, 0.15) is 6.04 Å². The number of hydrogen-bond acceptors (Lipinski definition) is 4. The summed E-state index contributed by atoms with van der Waals surface area (Å²) < 4.78 is 0. The number of likely N-dealkylation sites (N-methyl/N-ethyl adjacent to an activating group) is 1. The second kappa shape index (κ2) is 4.95. The molecule has 0 saturated heterocycles. The number of carbonyl (C=O) groups excluding carboxylic acids is 1. The fourth-order valence-electron chi connectivity index (χ4n) is 2.06. The Labute approximate surface area is 98.9 Å². The van der Waals surface area contributed by atoms with Crippen molar-refractivity contribution in [2.75, 3.05) is 26.7 Å². The number of carbonyl (C=O) groups is 1. The van der Waals surface area contributed by atoms with E-state index in [4.69, 9.17) is 5.11 Å². The Hall–Kier alpha value is -0.910. The van der Waals surface area contributed by atoms with Gasteiger partial charge in [-0.05, 0) is 30.5 Å². The Morgan fingerprint density at radius 3 is 3.19 bits per heavy atom. The van der Waals surface area contributed by atoms with Gasteiger partial charge in [0.05, 0.1) is 6.61 Å². The van der Waals surface area contributed by atoms with Gasteiger partial charge < -0.3 is 15.3 Å². The summed E-state index contributed by atoms with van der Waals surface area (Å²) in [7, 11) is 1.80. The average Bonchev–Trinajstić information content (AvgIpc) is 2.69. The lowest BCUT2D eigenvalue weighted by Gasteiger charge is -2.23. The number of hydrogen-bond donors (Lipinski definition) is 2. The number of thiophene rings is 1. The minimum atomic E-state index is -0.246. The van der Waals surface area contributed by atoms with Crippen LogP contribution in [0.5, 0.6) is 0 Å². The maximum Gasteiger partial charge on any atom is 0.245 e. The highest BCUT2D eigenvalue weighted by Crippen LogP contribution is 2.29. The largest absolute Gasteiger partial charge is 0.395 e. The molecule has 88 valence electrons. The second-order valence-electron chi connectivity index (χ2n) is 3.83. The maximum absolute atomic E-state index is 12.2. The first-order valence-electron chi connectivity index (χ1n) is 5.41. The van der Waals surface area contributed by atoms with Crippen LogP contribution in [-0.2, 0) is 11.2 Å². The van der Waals surface area contributed by atoms with Crippen molar-refractivity contribution in [2.45, 2.75) is 12.5 Å². The van der Waals surface area contributed by atoms with E-state index in [9.17, 15) is 4.79 Å². The van der Waals surface area contributed by atoms with E-state index in [1.807, 2.05) is 5.38 Å². The smallest absolute Gasteiger partial charge is 0.245 e. The molecule has 2 rings (SSSR count). The van der Waals surface area contributed by atoms with Crippen molar-refractivity contribution in [3.63, 3.8) is 0 Å². The first-order valence-corrected chi connectivity index (χ1v) is 6.29. The molecule has 0 aliphatic carbocycles. The van der Waals surface area contributed by atoms with E-state index in [1.165, 1.54) is 5.56 Å². The van der Waals surface area contributed by atoms with Gasteiger partial charge in [0.25, 0.3) is 0 Å². The lowest BCUT2D eigenvalue weighted by molar-refractivity contribution is -0.133. The van der Waals surface area contributed by atoms with E-state index >= 15 is 0 Å². The highest BCUT2D eigenvalue weighted by molar-refractivity contribution is 7.10. The number of aliphatic hydroxyl groups excluding tert-OH is 1. The third-order valence-corrected chi connectivity index (χ3v) is 3.94. The number of amides is 1. The van der Waals surface area contributed by atoms with Crippen molar-refractivity contribution in [3.05, 3.63) is 21.9 Å². The molecule has 0 spiro atoms. The summed E-state index contributed by atoms with van der Waals surface area (Å²) in [6.07, 6.45) is 0.878. The predicted octanol–water partition coefficient (Wildman–Crippen LogP) is 0.386.